The van der Waals surface area contributed by atoms with Crippen molar-refractivity contribution in [2.24, 2.45) is 5.92 Å². The first-order chi connectivity index (χ1) is 17.2. The molecule has 10 heteroatoms. The number of fused-ring (bicyclic) bond motifs is 1. The zero-order valence-corrected chi connectivity index (χ0v) is 19.6. The van der Waals surface area contributed by atoms with Crippen LogP contribution in [-0.4, -0.2) is 27.1 Å². The lowest BCUT2D eigenvalue weighted by molar-refractivity contribution is 0.0922. The van der Waals surface area contributed by atoms with Gasteiger partial charge in [-0.05, 0) is 42.2 Å². The van der Waals surface area contributed by atoms with Crippen molar-refractivity contribution >= 4 is 44.3 Å². The largest absolute Gasteiger partial charge is 0.503 e. The van der Waals surface area contributed by atoms with Gasteiger partial charge in [0.1, 0.15) is 17.2 Å². The van der Waals surface area contributed by atoms with Gasteiger partial charge in [-0.1, -0.05) is 54.5 Å². The fraction of sp³-hybridized carbons (Fsp3) is 0.192. The van der Waals surface area contributed by atoms with Crippen molar-refractivity contribution in [2.45, 2.75) is 25.7 Å². The van der Waals surface area contributed by atoms with Crippen molar-refractivity contribution in [3.05, 3.63) is 77.6 Å². The molecule has 0 amide bonds. The van der Waals surface area contributed by atoms with E-state index in [2.05, 4.69) is 10.3 Å². The van der Waals surface area contributed by atoms with E-state index in [0.29, 0.717) is 15.8 Å². The third-order valence-corrected chi connectivity index (χ3v) is 6.77. The van der Waals surface area contributed by atoms with Gasteiger partial charge in [0.05, 0.1) is 10.4 Å². The second-order valence-electron chi connectivity index (χ2n) is 8.28. The SMILES string of the molecule is O=C(O)O.O=C(c1ccc(-c2ccc(Nc3nc4c(F)cc(F)cc4s3)c(F)c2)cc1)C1CCCC1. The van der Waals surface area contributed by atoms with E-state index in [0.717, 1.165) is 48.6 Å². The highest BCUT2D eigenvalue weighted by atomic mass is 32.1. The van der Waals surface area contributed by atoms with E-state index in [-0.39, 0.29) is 28.0 Å². The molecule has 1 saturated carbocycles. The van der Waals surface area contributed by atoms with Crippen LogP contribution in [0.15, 0.2) is 54.6 Å². The van der Waals surface area contributed by atoms with Crippen molar-refractivity contribution in [3.8, 4) is 11.1 Å². The summed E-state index contributed by atoms with van der Waals surface area (Å²) in [7, 11) is 0. The van der Waals surface area contributed by atoms with Crippen molar-refractivity contribution in [2.75, 3.05) is 5.32 Å². The van der Waals surface area contributed by atoms with Crippen LogP contribution < -0.4 is 5.32 Å². The minimum atomic E-state index is -1.83. The van der Waals surface area contributed by atoms with Gasteiger partial charge in [0, 0.05) is 17.5 Å². The number of ketones is 1. The average molecular weight is 515 g/mol. The number of Topliss-reactive ketones (excluding diaryl/α,β-unsaturated/α-hetero) is 1. The number of carbonyl (C=O) groups is 2. The Kier molecular flexibility index (Phi) is 7.54. The summed E-state index contributed by atoms with van der Waals surface area (Å²) >= 11 is 1.04. The summed E-state index contributed by atoms with van der Waals surface area (Å²) in [5.74, 6) is -1.63. The van der Waals surface area contributed by atoms with Crippen LogP contribution in [-0.2, 0) is 0 Å². The highest BCUT2D eigenvalue weighted by molar-refractivity contribution is 7.22. The highest BCUT2D eigenvalue weighted by Crippen LogP contribution is 2.33. The maximum atomic E-state index is 14.8. The lowest BCUT2D eigenvalue weighted by Gasteiger charge is -2.10. The molecule has 0 unspecified atom stereocenters. The molecule has 1 aliphatic rings. The van der Waals surface area contributed by atoms with Crippen molar-refractivity contribution in [1.29, 1.82) is 0 Å². The summed E-state index contributed by atoms with van der Waals surface area (Å²) in [5.41, 5.74) is 2.39. The zero-order valence-electron chi connectivity index (χ0n) is 18.8. The number of halogens is 3. The Morgan fingerprint density at radius 1 is 0.889 bits per heavy atom. The number of nitrogens with zero attached hydrogens (tertiary/aromatic N) is 1. The molecule has 0 saturated heterocycles. The number of anilines is 2. The van der Waals surface area contributed by atoms with Crippen LogP contribution in [0.25, 0.3) is 21.3 Å². The summed E-state index contributed by atoms with van der Waals surface area (Å²) in [6, 6.07) is 13.9. The van der Waals surface area contributed by atoms with Gasteiger partial charge in [0.2, 0.25) is 0 Å². The smallest absolute Gasteiger partial charge is 0.450 e. The van der Waals surface area contributed by atoms with E-state index in [1.807, 2.05) is 12.1 Å². The molecule has 36 heavy (non-hydrogen) atoms. The fourth-order valence-electron chi connectivity index (χ4n) is 4.17. The molecule has 0 spiro atoms. The number of hydrogen-bond acceptors (Lipinski definition) is 5. The van der Waals surface area contributed by atoms with Crippen LogP contribution in [0.3, 0.4) is 0 Å². The number of aromatic nitrogens is 1. The van der Waals surface area contributed by atoms with Crippen molar-refractivity contribution < 1.29 is 33.0 Å². The Bertz CT molecular complexity index is 1410. The first-order valence-electron chi connectivity index (χ1n) is 11.1. The Balaban J connectivity index is 0.000000709. The Labute approximate surface area is 208 Å². The lowest BCUT2D eigenvalue weighted by Crippen LogP contribution is -2.10. The Morgan fingerprint density at radius 3 is 2.17 bits per heavy atom. The van der Waals surface area contributed by atoms with Gasteiger partial charge in [0.15, 0.2) is 16.7 Å². The monoisotopic (exact) mass is 514 g/mol. The third kappa shape index (κ3) is 5.83. The molecule has 1 aliphatic carbocycles. The number of rotatable bonds is 5. The zero-order chi connectivity index (χ0) is 25.8. The second-order valence-corrected chi connectivity index (χ2v) is 9.31. The quantitative estimate of drug-likeness (QED) is 0.236. The number of thiazole rings is 1. The third-order valence-electron chi connectivity index (χ3n) is 5.85. The van der Waals surface area contributed by atoms with Crippen molar-refractivity contribution in [1.82, 2.24) is 4.98 Å². The molecule has 6 nitrogen and oxygen atoms in total. The van der Waals surface area contributed by atoms with Gasteiger partial charge in [-0.3, -0.25) is 4.79 Å². The van der Waals surface area contributed by atoms with E-state index in [1.54, 1.807) is 24.3 Å². The van der Waals surface area contributed by atoms with Crippen LogP contribution in [0.1, 0.15) is 36.0 Å². The lowest BCUT2D eigenvalue weighted by atomic mass is 9.94. The normalized spacial score (nSPS) is 13.3. The Morgan fingerprint density at radius 2 is 1.53 bits per heavy atom. The van der Waals surface area contributed by atoms with Gasteiger partial charge in [-0.15, -0.1) is 0 Å². The van der Waals surface area contributed by atoms with Crippen LogP contribution in [0.2, 0.25) is 0 Å². The topological polar surface area (TPSA) is 99.5 Å². The first kappa shape index (κ1) is 25.2. The van der Waals surface area contributed by atoms with E-state index in [1.165, 1.54) is 12.1 Å². The molecule has 3 N–H and O–H groups in total. The molecular weight excluding hydrogens is 493 g/mol. The predicted octanol–water partition coefficient (Wildman–Crippen LogP) is 7.72. The highest BCUT2D eigenvalue weighted by Gasteiger charge is 2.23. The molecule has 0 atom stereocenters. The summed E-state index contributed by atoms with van der Waals surface area (Å²) in [6.07, 6.45) is 2.29. The molecule has 186 valence electrons. The maximum absolute atomic E-state index is 14.8. The van der Waals surface area contributed by atoms with E-state index < -0.39 is 23.6 Å². The summed E-state index contributed by atoms with van der Waals surface area (Å²) in [5, 5.41) is 17.1. The molecular formula is C26H21F3N2O4S. The second kappa shape index (κ2) is 10.8. The molecule has 1 heterocycles. The minimum absolute atomic E-state index is 0.0446. The van der Waals surface area contributed by atoms with Crippen LogP contribution >= 0.6 is 11.3 Å². The first-order valence-corrected chi connectivity index (χ1v) is 11.9. The maximum Gasteiger partial charge on any atom is 0.503 e. The van der Waals surface area contributed by atoms with Gasteiger partial charge in [0.25, 0.3) is 0 Å². The van der Waals surface area contributed by atoms with Crippen LogP contribution in [0.4, 0.5) is 28.8 Å². The molecule has 5 rings (SSSR count). The van der Waals surface area contributed by atoms with E-state index in [4.69, 9.17) is 15.0 Å². The molecule has 3 aromatic carbocycles. The average Bonchev–Trinajstić information content (AvgIpc) is 3.50. The Hall–Kier alpha value is -3.92. The van der Waals surface area contributed by atoms with Gasteiger partial charge < -0.3 is 15.5 Å². The molecule has 1 aromatic heterocycles. The molecule has 0 bridgehead atoms. The molecule has 4 aromatic rings. The van der Waals surface area contributed by atoms with Crippen molar-refractivity contribution in [3.63, 3.8) is 0 Å². The number of nitrogens with one attached hydrogen (secondary N) is 1. The summed E-state index contributed by atoms with van der Waals surface area (Å²) in [4.78, 5) is 25.2. The summed E-state index contributed by atoms with van der Waals surface area (Å²) < 4.78 is 42.4. The van der Waals surface area contributed by atoms with Crippen LogP contribution in [0.5, 0.6) is 0 Å². The predicted molar refractivity (Wildman–Crippen MR) is 132 cm³/mol. The van der Waals surface area contributed by atoms with E-state index >= 15 is 0 Å². The number of benzene rings is 3. The van der Waals surface area contributed by atoms with Gasteiger partial charge >= 0.3 is 6.16 Å². The molecule has 1 fully saturated rings. The molecule has 0 aliphatic heterocycles. The molecule has 0 radical (unpaired) electrons. The standard InChI is InChI=1S/C25H19F3N2OS.CH2O3/c26-18-12-20(28)23-22(13-18)32-25(30-23)29-21-10-9-17(11-19(21)27)14-5-7-16(8-6-14)24(31)15-3-1-2-4-15;2-1(3)4/h5-13,15H,1-4H2,(H,29,30);(H2,2,3,4). The fourth-order valence-corrected chi connectivity index (χ4v) is 5.09. The minimum Gasteiger partial charge on any atom is -0.450 e. The van der Waals surface area contributed by atoms with E-state index in [9.17, 15) is 18.0 Å². The number of carboxylic acid groups (broad SMARTS) is 2. The number of carbonyl (C=O) groups excluding carboxylic acids is 1. The van der Waals surface area contributed by atoms with Gasteiger partial charge in [-0.25, -0.2) is 22.9 Å². The van der Waals surface area contributed by atoms with Crippen LogP contribution in [0, 0.1) is 23.4 Å². The number of hydrogen-bond donors (Lipinski definition) is 3. The van der Waals surface area contributed by atoms with Gasteiger partial charge in [-0.2, -0.15) is 0 Å². The summed E-state index contributed by atoms with van der Waals surface area (Å²) in [6.45, 7) is 0.